The highest BCUT2D eigenvalue weighted by atomic mass is 16.2. The number of amides is 1. The van der Waals surface area contributed by atoms with Crippen LogP contribution < -0.4 is 0 Å². The van der Waals surface area contributed by atoms with Crippen LogP contribution in [0.3, 0.4) is 0 Å². The van der Waals surface area contributed by atoms with Crippen molar-refractivity contribution in [3.8, 4) is 0 Å². The Morgan fingerprint density at radius 1 is 1.16 bits per heavy atom. The van der Waals surface area contributed by atoms with Crippen molar-refractivity contribution in [3.05, 3.63) is 35.4 Å². The number of carbonyl (C=O) groups excluding carboxylic acids is 3. The van der Waals surface area contributed by atoms with Crippen LogP contribution in [0.1, 0.15) is 46.9 Å². The van der Waals surface area contributed by atoms with Crippen molar-refractivity contribution in [2.45, 2.75) is 38.3 Å². The van der Waals surface area contributed by atoms with Gasteiger partial charge in [0.25, 0.3) is 5.91 Å². The number of hydrogen-bond donors (Lipinski definition) is 0. The average Bonchev–Trinajstić information content (AvgIpc) is 2.44. The average molecular weight is 257 g/mol. The minimum Gasteiger partial charge on any atom is -0.318 e. The van der Waals surface area contributed by atoms with Crippen LogP contribution in [-0.2, 0) is 4.79 Å². The zero-order valence-corrected chi connectivity index (χ0v) is 10.8. The van der Waals surface area contributed by atoms with Gasteiger partial charge in [-0.25, -0.2) is 0 Å². The highest BCUT2D eigenvalue weighted by Crippen LogP contribution is 2.32. The Bertz CT molecular complexity index is 579. The number of ketones is 2. The summed E-state index contributed by atoms with van der Waals surface area (Å²) in [7, 11) is 0. The van der Waals surface area contributed by atoms with Gasteiger partial charge in [0.15, 0.2) is 11.6 Å². The molecule has 0 aliphatic carbocycles. The van der Waals surface area contributed by atoms with E-state index in [1.54, 1.807) is 24.3 Å². The smallest absolute Gasteiger partial charge is 0.255 e. The van der Waals surface area contributed by atoms with E-state index < -0.39 is 12.1 Å². The molecule has 0 bridgehead atoms. The monoisotopic (exact) mass is 257 g/mol. The van der Waals surface area contributed by atoms with Crippen LogP contribution in [0.2, 0.25) is 0 Å². The van der Waals surface area contributed by atoms with E-state index in [1.165, 1.54) is 11.8 Å². The van der Waals surface area contributed by atoms with E-state index in [9.17, 15) is 14.4 Å². The van der Waals surface area contributed by atoms with Gasteiger partial charge in [0.05, 0.1) is 17.6 Å². The Kier molecular flexibility index (Phi) is 2.73. The van der Waals surface area contributed by atoms with Crippen LogP contribution >= 0.6 is 0 Å². The fourth-order valence-electron chi connectivity index (χ4n) is 3.14. The maximum Gasteiger partial charge on any atom is 0.255 e. The largest absolute Gasteiger partial charge is 0.318 e. The Hall–Kier alpha value is -1.97. The first kappa shape index (κ1) is 12.1. The molecule has 1 aromatic rings. The van der Waals surface area contributed by atoms with Crippen LogP contribution in [-0.4, -0.2) is 34.5 Å². The van der Waals surface area contributed by atoms with Crippen LogP contribution in [0.4, 0.5) is 0 Å². The molecule has 3 rings (SSSR count). The summed E-state index contributed by atoms with van der Waals surface area (Å²) in [4.78, 5) is 38.2. The second-order valence-electron chi connectivity index (χ2n) is 5.20. The number of fused-ring (bicyclic) bond motifs is 2. The van der Waals surface area contributed by atoms with Gasteiger partial charge in [0, 0.05) is 5.56 Å². The van der Waals surface area contributed by atoms with E-state index in [-0.39, 0.29) is 17.5 Å². The summed E-state index contributed by atoms with van der Waals surface area (Å²) in [6.07, 6.45) is 2.13. The number of Topliss-reactive ketones (excluding diaryl/α,β-unsaturated/α-hetero) is 2. The number of nitrogens with zero attached hydrogens (tertiary/aromatic N) is 1. The van der Waals surface area contributed by atoms with Crippen molar-refractivity contribution >= 4 is 17.5 Å². The van der Waals surface area contributed by atoms with Gasteiger partial charge < -0.3 is 4.90 Å². The van der Waals surface area contributed by atoms with Crippen LogP contribution in [0, 0.1) is 0 Å². The Labute approximate surface area is 111 Å². The normalized spacial score (nSPS) is 25.8. The highest BCUT2D eigenvalue weighted by molar-refractivity contribution is 6.16. The number of rotatable bonds is 1. The molecule has 0 N–H and O–H groups in total. The van der Waals surface area contributed by atoms with Crippen molar-refractivity contribution in [2.75, 3.05) is 0 Å². The molecule has 0 spiro atoms. The molecule has 2 unspecified atom stereocenters. The first-order valence-electron chi connectivity index (χ1n) is 6.57. The molecule has 2 atom stereocenters. The lowest BCUT2D eigenvalue weighted by Gasteiger charge is -2.43. The zero-order valence-electron chi connectivity index (χ0n) is 10.8. The number of hydrogen-bond acceptors (Lipinski definition) is 3. The highest BCUT2D eigenvalue weighted by Gasteiger charge is 2.45. The third kappa shape index (κ3) is 1.70. The van der Waals surface area contributed by atoms with Gasteiger partial charge in [-0.1, -0.05) is 18.2 Å². The molecule has 2 heterocycles. The fourth-order valence-corrected chi connectivity index (χ4v) is 3.14. The number of carbonyl (C=O) groups is 3. The summed E-state index contributed by atoms with van der Waals surface area (Å²) in [5.41, 5.74) is 0.926. The minimum atomic E-state index is -0.454. The maximum absolute atomic E-state index is 12.5. The molecule has 98 valence electrons. The van der Waals surface area contributed by atoms with Crippen LogP contribution in [0.15, 0.2) is 24.3 Å². The van der Waals surface area contributed by atoms with Gasteiger partial charge >= 0.3 is 0 Å². The van der Waals surface area contributed by atoms with E-state index >= 15 is 0 Å². The zero-order chi connectivity index (χ0) is 13.6. The molecule has 4 heteroatoms. The molecule has 1 amide bonds. The molecule has 0 aromatic heterocycles. The summed E-state index contributed by atoms with van der Waals surface area (Å²) >= 11 is 0. The molecule has 1 saturated heterocycles. The molecule has 1 aromatic carbocycles. The van der Waals surface area contributed by atoms with Crippen LogP contribution in [0.5, 0.6) is 0 Å². The van der Waals surface area contributed by atoms with E-state index in [1.807, 2.05) is 0 Å². The molecule has 1 fully saturated rings. The van der Waals surface area contributed by atoms with Crippen molar-refractivity contribution in [2.24, 2.45) is 0 Å². The van der Waals surface area contributed by atoms with Gasteiger partial charge in [-0.2, -0.15) is 0 Å². The topological polar surface area (TPSA) is 54.5 Å². The fraction of sp³-hybridized carbons (Fsp3) is 0.400. The lowest BCUT2D eigenvalue weighted by Crippen LogP contribution is -2.58. The van der Waals surface area contributed by atoms with Gasteiger partial charge in [0.1, 0.15) is 0 Å². The van der Waals surface area contributed by atoms with Crippen LogP contribution in [0.25, 0.3) is 0 Å². The summed E-state index contributed by atoms with van der Waals surface area (Å²) in [5, 5.41) is 0. The van der Waals surface area contributed by atoms with E-state index in [2.05, 4.69) is 0 Å². The second-order valence-corrected chi connectivity index (χ2v) is 5.20. The van der Waals surface area contributed by atoms with Gasteiger partial charge in [-0.15, -0.1) is 0 Å². The summed E-state index contributed by atoms with van der Waals surface area (Å²) in [6, 6.07) is 5.98. The minimum absolute atomic E-state index is 0.0267. The van der Waals surface area contributed by atoms with Crippen molar-refractivity contribution in [1.82, 2.24) is 4.90 Å². The third-order valence-electron chi connectivity index (χ3n) is 4.06. The first-order valence-corrected chi connectivity index (χ1v) is 6.57. The molecular formula is C15H15NO3. The van der Waals surface area contributed by atoms with Gasteiger partial charge in [-0.05, 0) is 32.3 Å². The Balaban J connectivity index is 2.12. The SMILES string of the molecule is CC(=O)C1CCCC2C(=O)c3ccccc3C(=O)N12. The lowest BCUT2D eigenvalue weighted by atomic mass is 9.83. The van der Waals surface area contributed by atoms with Crippen molar-refractivity contribution < 1.29 is 14.4 Å². The first-order chi connectivity index (χ1) is 9.11. The molecule has 0 radical (unpaired) electrons. The second kappa shape index (κ2) is 4.30. The maximum atomic E-state index is 12.5. The van der Waals surface area contributed by atoms with E-state index in [0.717, 1.165) is 6.42 Å². The standard InChI is InChI=1S/C15H15NO3/c1-9(17)12-7-4-8-13-14(18)10-5-2-3-6-11(10)15(19)16(12)13/h2-3,5-6,12-13H,4,7-8H2,1H3. The van der Waals surface area contributed by atoms with E-state index in [4.69, 9.17) is 0 Å². The van der Waals surface area contributed by atoms with E-state index in [0.29, 0.717) is 24.0 Å². The Morgan fingerprint density at radius 3 is 2.53 bits per heavy atom. The molecule has 4 nitrogen and oxygen atoms in total. The lowest BCUT2D eigenvalue weighted by molar-refractivity contribution is -0.123. The number of piperidine rings is 1. The number of benzene rings is 1. The van der Waals surface area contributed by atoms with Gasteiger partial charge in [-0.3, -0.25) is 14.4 Å². The molecule has 2 aliphatic rings. The molecule has 19 heavy (non-hydrogen) atoms. The third-order valence-corrected chi connectivity index (χ3v) is 4.06. The predicted octanol–water partition coefficient (Wildman–Crippen LogP) is 1.84. The van der Waals surface area contributed by atoms with Crippen molar-refractivity contribution in [3.63, 3.8) is 0 Å². The van der Waals surface area contributed by atoms with Crippen molar-refractivity contribution in [1.29, 1.82) is 0 Å². The Morgan fingerprint density at radius 2 is 1.84 bits per heavy atom. The summed E-state index contributed by atoms with van der Waals surface area (Å²) in [6.45, 7) is 1.49. The molecular weight excluding hydrogens is 242 g/mol. The summed E-state index contributed by atoms with van der Waals surface area (Å²) in [5.74, 6) is -0.244. The molecule has 2 aliphatic heterocycles. The van der Waals surface area contributed by atoms with Gasteiger partial charge in [0.2, 0.25) is 0 Å². The predicted molar refractivity (Wildman–Crippen MR) is 69.1 cm³/mol. The quantitative estimate of drug-likeness (QED) is 0.771. The summed E-state index contributed by atoms with van der Waals surface area (Å²) < 4.78 is 0. The molecule has 0 saturated carbocycles.